The van der Waals surface area contributed by atoms with E-state index in [1.165, 1.54) is 10.9 Å². The van der Waals surface area contributed by atoms with Crippen LogP contribution in [0.2, 0.25) is 0 Å². The summed E-state index contributed by atoms with van der Waals surface area (Å²) in [4.78, 5) is 9.18. The van der Waals surface area contributed by atoms with Crippen molar-refractivity contribution in [3.63, 3.8) is 0 Å². The van der Waals surface area contributed by atoms with E-state index < -0.39 is 0 Å². The Bertz CT molecular complexity index is 1170. The molecule has 0 unspecified atom stereocenters. The van der Waals surface area contributed by atoms with Crippen molar-refractivity contribution in [1.82, 2.24) is 4.98 Å². The van der Waals surface area contributed by atoms with Gasteiger partial charge in [0.15, 0.2) is 0 Å². The van der Waals surface area contributed by atoms with Crippen LogP contribution in [0.25, 0.3) is 21.9 Å². The lowest BCUT2D eigenvalue weighted by Gasteiger charge is -2.18. The summed E-state index contributed by atoms with van der Waals surface area (Å²) >= 11 is 0. The number of hydrogen-bond donors (Lipinski definition) is 0. The van der Waals surface area contributed by atoms with Crippen LogP contribution in [0, 0.1) is 6.92 Å². The molecule has 3 heteroatoms. The summed E-state index contributed by atoms with van der Waals surface area (Å²) in [5.74, 6) is 0.859. The summed E-state index contributed by atoms with van der Waals surface area (Å²) < 4.78 is 5.90. The normalized spacial score (nSPS) is 13.0. The number of pyridine rings is 1. The van der Waals surface area contributed by atoms with Crippen molar-refractivity contribution in [3.8, 4) is 16.9 Å². The zero-order valence-corrected chi connectivity index (χ0v) is 15.0. The number of aromatic nitrogens is 1. The van der Waals surface area contributed by atoms with Gasteiger partial charge in [0.05, 0.1) is 5.71 Å². The van der Waals surface area contributed by atoms with E-state index in [1.54, 1.807) is 0 Å². The van der Waals surface area contributed by atoms with Gasteiger partial charge in [0, 0.05) is 23.3 Å². The van der Waals surface area contributed by atoms with Crippen molar-refractivity contribution in [2.75, 3.05) is 6.61 Å². The number of fused-ring (bicyclic) bond motifs is 2. The lowest BCUT2D eigenvalue weighted by molar-refractivity contribution is 0.372. The van der Waals surface area contributed by atoms with Crippen LogP contribution in [0.15, 0.2) is 84.1 Å². The van der Waals surface area contributed by atoms with Gasteiger partial charge in [-0.05, 0) is 41.1 Å². The zero-order chi connectivity index (χ0) is 18.2. The molecule has 0 N–H and O–H groups in total. The monoisotopic (exact) mass is 350 g/mol. The van der Waals surface area contributed by atoms with Gasteiger partial charge in [-0.2, -0.15) is 0 Å². The minimum absolute atomic E-state index is 0.492. The maximum Gasteiger partial charge on any atom is 0.145 e. The second kappa shape index (κ2) is 6.36. The molecule has 0 radical (unpaired) electrons. The average Bonchev–Trinajstić information content (AvgIpc) is 2.73. The minimum atomic E-state index is 0.492. The van der Waals surface area contributed by atoms with E-state index in [9.17, 15) is 0 Å². The van der Waals surface area contributed by atoms with Gasteiger partial charge in [-0.15, -0.1) is 0 Å². The highest BCUT2D eigenvalue weighted by Crippen LogP contribution is 2.33. The number of rotatable bonds is 2. The van der Waals surface area contributed by atoms with Crippen LogP contribution < -0.4 is 4.74 Å². The van der Waals surface area contributed by atoms with Gasteiger partial charge in [0.25, 0.3) is 0 Å². The highest BCUT2D eigenvalue weighted by atomic mass is 16.5. The molecule has 0 aliphatic carbocycles. The van der Waals surface area contributed by atoms with Crippen LogP contribution in [-0.2, 0) is 0 Å². The van der Waals surface area contributed by atoms with E-state index in [1.807, 2.05) is 30.6 Å². The third kappa shape index (κ3) is 2.87. The summed E-state index contributed by atoms with van der Waals surface area (Å²) in [7, 11) is 0. The SMILES string of the molecule is Cc1ccc2c(c1)OCC(c1ccc(-c3cncc4ccccc34)cc1)=N2. The van der Waals surface area contributed by atoms with Gasteiger partial charge >= 0.3 is 0 Å². The van der Waals surface area contributed by atoms with Crippen molar-refractivity contribution in [2.45, 2.75) is 6.92 Å². The first kappa shape index (κ1) is 15.8. The van der Waals surface area contributed by atoms with Crippen molar-refractivity contribution in [3.05, 3.63) is 90.3 Å². The van der Waals surface area contributed by atoms with Crippen LogP contribution in [0.5, 0.6) is 5.75 Å². The number of aryl methyl sites for hydroxylation is 1. The Morgan fingerprint density at radius 3 is 2.56 bits per heavy atom. The quantitative estimate of drug-likeness (QED) is 0.463. The Kier molecular flexibility index (Phi) is 3.72. The van der Waals surface area contributed by atoms with E-state index in [0.717, 1.165) is 39.2 Å². The smallest absolute Gasteiger partial charge is 0.145 e. The molecule has 0 atom stereocenters. The molecule has 27 heavy (non-hydrogen) atoms. The maximum atomic E-state index is 5.90. The van der Waals surface area contributed by atoms with E-state index in [4.69, 9.17) is 9.73 Å². The molecule has 0 saturated carbocycles. The standard InChI is InChI=1S/C24H18N2O/c1-16-6-11-22-24(12-16)27-15-23(26-22)18-9-7-17(8-10-18)21-14-25-13-19-4-2-3-5-20(19)21/h2-14H,15H2,1H3. The number of nitrogens with zero attached hydrogens (tertiary/aromatic N) is 2. The van der Waals surface area contributed by atoms with Crippen molar-refractivity contribution < 1.29 is 4.74 Å². The average molecular weight is 350 g/mol. The fourth-order valence-corrected chi connectivity index (χ4v) is 3.49. The summed E-state index contributed by atoms with van der Waals surface area (Å²) in [6.45, 7) is 2.55. The number of hydrogen-bond acceptors (Lipinski definition) is 3. The first-order valence-corrected chi connectivity index (χ1v) is 9.02. The van der Waals surface area contributed by atoms with E-state index >= 15 is 0 Å². The molecule has 0 fully saturated rings. The van der Waals surface area contributed by atoms with Crippen LogP contribution in [0.1, 0.15) is 11.1 Å². The third-order valence-corrected chi connectivity index (χ3v) is 4.93. The zero-order valence-electron chi connectivity index (χ0n) is 15.0. The second-order valence-electron chi connectivity index (χ2n) is 6.80. The van der Waals surface area contributed by atoms with E-state index in [0.29, 0.717) is 6.61 Å². The molecule has 5 rings (SSSR count). The molecule has 0 bridgehead atoms. The first-order valence-electron chi connectivity index (χ1n) is 9.02. The van der Waals surface area contributed by atoms with Gasteiger partial charge in [0.2, 0.25) is 0 Å². The molecule has 1 aliphatic rings. The predicted octanol–water partition coefficient (Wildman–Crippen LogP) is 5.72. The summed E-state index contributed by atoms with van der Waals surface area (Å²) in [5.41, 5.74) is 6.40. The van der Waals surface area contributed by atoms with E-state index in [-0.39, 0.29) is 0 Å². The summed E-state index contributed by atoms with van der Waals surface area (Å²) in [6, 6.07) is 22.9. The largest absolute Gasteiger partial charge is 0.485 e. The highest BCUT2D eigenvalue weighted by molar-refractivity contribution is 6.05. The Morgan fingerprint density at radius 1 is 0.852 bits per heavy atom. The van der Waals surface area contributed by atoms with Gasteiger partial charge < -0.3 is 4.74 Å². The molecule has 0 saturated heterocycles. The molecular formula is C24H18N2O. The lowest BCUT2D eigenvalue weighted by Crippen LogP contribution is -2.16. The van der Waals surface area contributed by atoms with Crippen molar-refractivity contribution >= 4 is 22.2 Å². The topological polar surface area (TPSA) is 34.5 Å². The number of benzene rings is 3. The van der Waals surface area contributed by atoms with Crippen molar-refractivity contribution in [2.24, 2.45) is 4.99 Å². The summed E-state index contributed by atoms with van der Waals surface area (Å²) in [6.07, 6.45) is 3.83. The fourth-order valence-electron chi connectivity index (χ4n) is 3.49. The molecule has 2 heterocycles. The molecule has 1 aromatic heterocycles. The Morgan fingerprint density at radius 2 is 1.67 bits per heavy atom. The predicted molar refractivity (Wildman–Crippen MR) is 110 cm³/mol. The Hall–Kier alpha value is -3.46. The van der Waals surface area contributed by atoms with Crippen LogP contribution in [-0.4, -0.2) is 17.3 Å². The maximum absolute atomic E-state index is 5.90. The van der Waals surface area contributed by atoms with Crippen LogP contribution in [0.4, 0.5) is 5.69 Å². The Labute approximate surface area is 158 Å². The molecule has 130 valence electrons. The fraction of sp³-hybridized carbons (Fsp3) is 0.0833. The summed E-state index contributed by atoms with van der Waals surface area (Å²) in [5, 5.41) is 2.36. The van der Waals surface area contributed by atoms with Gasteiger partial charge in [-0.25, -0.2) is 4.99 Å². The highest BCUT2D eigenvalue weighted by Gasteiger charge is 2.15. The number of ether oxygens (including phenoxy) is 1. The minimum Gasteiger partial charge on any atom is -0.485 e. The van der Waals surface area contributed by atoms with Crippen LogP contribution >= 0.6 is 0 Å². The molecule has 1 aliphatic heterocycles. The van der Waals surface area contributed by atoms with Gasteiger partial charge in [0.1, 0.15) is 18.0 Å². The molecule has 3 aromatic carbocycles. The second-order valence-corrected chi connectivity index (χ2v) is 6.80. The molecule has 0 amide bonds. The van der Waals surface area contributed by atoms with E-state index in [2.05, 4.69) is 60.4 Å². The van der Waals surface area contributed by atoms with Gasteiger partial charge in [-0.1, -0.05) is 54.6 Å². The number of aliphatic imine (C=N–C) groups is 1. The Balaban J connectivity index is 1.51. The molecule has 0 spiro atoms. The molecular weight excluding hydrogens is 332 g/mol. The molecule has 3 nitrogen and oxygen atoms in total. The van der Waals surface area contributed by atoms with Crippen LogP contribution in [0.3, 0.4) is 0 Å². The van der Waals surface area contributed by atoms with Crippen molar-refractivity contribution in [1.29, 1.82) is 0 Å². The first-order chi connectivity index (χ1) is 13.3. The third-order valence-electron chi connectivity index (χ3n) is 4.93. The lowest BCUT2D eigenvalue weighted by atomic mass is 9.99. The van der Waals surface area contributed by atoms with Gasteiger partial charge in [-0.3, -0.25) is 4.98 Å². The molecule has 4 aromatic rings.